The highest BCUT2D eigenvalue weighted by molar-refractivity contribution is 7.18. The molecule has 0 N–H and O–H groups in total. The number of aryl methyl sites for hydroxylation is 2. The van der Waals surface area contributed by atoms with Crippen LogP contribution in [0, 0.1) is 0 Å². The van der Waals surface area contributed by atoms with Crippen LogP contribution in [0.4, 0.5) is 0 Å². The van der Waals surface area contributed by atoms with Crippen molar-refractivity contribution in [1.82, 2.24) is 14.5 Å². The molecule has 5 rings (SSSR count). The van der Waals surface area contributed by atoms with Gasteiger partial charge in [0.05, 0.1) is 17.8 Å². The molecule has 1 aliphatic rings. The van der Waals surface area contributed by atoms with E-state index < -0.39 is 0 Å². The monoisotopic (exact) mass is 429 g/mol. The second-order valence-electron chi connectivity index (χ2n) is 7.94. The minimum absolute atomic E-state index is 0.0287. The fourth-order valence-corrected chi connectivity index (χ4v) is 5.66. The van der Waals surface area contributed by atoms with E-state index >= 15 is 0 Å². The first kappa shape index (κ1) is 19.7. The maximum atomic E-state index is 13.3. The molecule has 2 heterocycles. The highest BCUT2D eigenvalue weighted by Gasteiger charge is 2.25. The van der Waals surface area contributed by atoms with Crippen molar-refractivity contribution in [2.45, 2.75) is 31.8 Å². The summed E-state index contributed by atoms with van der Waals surface area (Å²) in [6, 6.07) is 19.7. The number of rotatable bonds is 5. The van der Waals surface area contributed by atoms with E-state index in [4.69, 9.17) is 0 Å². The lowest BCUT2D eigenvalue weighted by Gasteiger charge is -2.29. The summed E-state index contributed by atoms with van der Waals surface area (Å²) in [5.74, 6) is -0.132. The first-order valence-corrected chi connectivity index (χ1v) is 11.3. The normalized spacial score (nSPS) is 13.0. The van der Waals surface area contributed by atoms with Gasteiger partial charge in [0, 0.05) is 11.9 Å². The molecule has 0 fully saturated rings. The van der Waals surface area contributed by atoms with Gasteiger partial charge in [0.1, 0.15) is 11.4 Å². The zero-order valence-electron chi connectivity index (χ0n) is 17.3. The van der Waals surface area contributed by atoms with Gasteiger partial charge >= 0.3 is 0 Å². The molecule has 6 heteroatoms. The van der Waals surface area contributed by atoms with E-state index in [-0.39, 0.29) is 24.1 Å². The van der Waals surface area contributed by atoms with Crippen molar-refractivity contribution >= 4 is 27.5 Å². The van der Waals surface area contributed by atoms with E-state index in [9.17, 15) is 9.59 Å². The van der Waals surface area contributed by atoms with Crippen LogP contribution in [0.3, 0.4) is 0 Å². The quantitative estimate of drug-likeness (QED) is 0.478. The lowest BCUT2D eigenvalue weighted by Crippen LogP contribution is -2.37. The Hall–Kier alpha value is -3.25. The van der Waals surface area contributed by atoms with Crippen LogP contribution >= 0.6 is 11.3 Å². The average molecular weight is 430 g/mol. The zero-order chi connectivity index (χ0) is 21.4. The summed E-state index contributed by atoms with van der Waals surface area (Å²) in [6.07, 6.45) is 4.55. The number of carbonyl (C=O) groups is 1. The highest BCUT2D eigenvalue weighted by Crippen LogP contribution is 2.34. The van der Waals surface area contributed by atoms with Gasteiger partial charge in [0.2, 0.25) is 5.91 Å². The summed E-state index contributed by atoms with van der Waals surface area (Å²) in [5, 5.41) is 0.707. The van der Waals surface area contributed by atoms with Gasteiger partial charge in [0.25, 0.3) is 5.56 Å². The topological polar surface area (TPSA) is 55.2 Å². The Balaban J connectivity index is 1.48. The molecule has 31 heavy (non-hydrogen) atoms. The van der Waals surface area contributed by atoms with Crippen LogP contribution in [0.5, 0.6) is 0 Å². The number of carbonyl (C=O) groups excluding carboxylic acids is 1. The van der Waals surface area contributed by atoms with Crippen LogP contribution in [0.1, 0.15) is 34.0 Å². The predicted octanol–water partition coefficient (Wildman–Crippen LogP) is 4.19. The molecule has 0 aliphatic heterocycles. The minimum atomic E-state index is -0.229. The Kier molecular flexibility index (Phi) is 5.16. The lowest BCUT2D eigenvalue weighted by molar-refractivity contribution is -0.132. The Morgan fingerprint density at radius 2 is 1.71 bits per heavy atom. The summed E-state index contributed by atoms with van der Waals surface area (Å²) in [5.41, 5.74) is 3.09. The lowest BCUT2D eigenvalue weighted by atomic mass is 9.97. The van der Waals surface area contributed by atoms with Gasteiger partial charge in [0.15, 0.2) is 0 Å². The van der Waals surface area contributed by atoms with Crippen molar-refractivity contribution in [2.75, 3.05) is 7.05 Å². The summed E-state index contributed by atoms with van der Waals surface area (Å²) in [4.78, 5) is 34.8. The summed E-state index contributed by atoms with van der Waals surface area (Å²) in [6.45, 7) is -0.0287. The zero-order valence-corrected chi connectivity index (χ0v) is 18.1. The maximum absolute atomic E-state index is 13.3. The average Bonchev–Trinajstić information content (AvgIpc) is 3.38. The Morgan fingerprint density at radius 3 is 2.35 bits per heavy atom. The summed E-state index contributed by atoms with van der Waals surface area (Å²) >= 11 is 1.61. The van der Waals surface area contributed by atoms with Gasteiger partial charge in [-0.3, -0.25) is 14.2 Å². The molecular weight excluding hydrogens is 406 g/mol. The van der Waals surface area contributed by atoms with Crippen LogP contribution in [0.2, 0.25) is 0 Å². The largest absolute Gasteiger partial charge is 0.333 e. The number of amides is 1. The molecule has 1 aliphatic carbocycles. The summed E-state index contributed by atoms with van der Waals surface area (Å²) < 4.78 is 1.46. The fourth-order valence-electron chi connectivity index (χ4n) is 4.44. The molecule has 5 nitrogen and oxygen atoms in total. The number of likely N-dealkylation sites (N-methyl/N-ethyl adjacent to an activating group) is 1. The number of fused-ring (bicyclic) bond motifs is 3. The number of benzene rings is 2. The van der Waals surface area contributed by atoms with E-state index in [0.717, 1.165) is 40.8 Å². The number of nitrogens with zero attached hydrogens (tertiary/aromatic N) is 3. The molecule has 0 unspecified atom stereocenters. The maximum Gasteiger partial charge on any atom is 0.262 e. The number of thiophene rings is 1. The minimum Gasteiger partial charge on any atom is -0.333 e. The van der Waals surface area contributed by atoms with Crippen molar-refractivity contribution in [3.05, 3.63) is 98.9 Å². The van der Waals surface area contributed by atoms with Crippen LogP contribution in [0.15, 0.2) is 71.8 Å². The molecule has 0 spiro atoms. The van der Waals surface area contributed by atoms with Gasteiger partial charge in [-0.2, -0.15) is 0 Å². The second-order valence-corrected chi connectivity index (χ2v) is 9.03. The van der Waals surface area contributed by atoms with E-state index in [2.05, 4.69) is 4.98 Å². The molecule has 4 aromatic rings. The first-order chi connectivity index (χ1) is 15.1. The molecule has 0 atom stereocenters. The highest BCUT2D eigenvalue weighted by atomic mass is 32.1. The van der Waals surface area contributed by atoms with Crippen molar-refractivity contribution in [3.63, 3.8) is 0 Å². The van der Waals surface area contributed by atoms with Crippen LogP contribution in [-0.2, 0) is 24.2 Å². The van der Waals surface area contributed by atoms with Crippen molar-refractivity contribution < 1.29 is 4.79 Å². The van der Waals surface area contributed by atoms with Crippen molar-refractivity contribution in [2.24, 2.45) is 0 Å². The predicted molar refractivity (Wildman–Crippen MR) is 123 cm³/mol. The second kappa shape index (κ2) is 8.12. The molecule has 156 valence electrons. The fraction of sp³-hybridized carbons (Fsp3) is 0.240. The van der Waals surface area contributed by atoms with E-state index in [1.165, 1.54) is 15.8 Å². The Morgan fingerprint density at radius 1 is 1.06 bits per heavy atom. The van der Waals surface area contributed by atoms with Crippen molar-refractivity contribution in [3.8, 4) is 0 Å². The van der Waals surface area contributed by atoms with E-state index in [0.29, 0.717) is 5.39 Å². The molecule has 0 saturated carbocycles. The van der Waals surface area contributed by atoms with Gasteiger partial charge in [-0.15, -0.1) is 11.3 Å². The molecule has 1 amide bonds. The third kappa shape index (κ3) is 3.57. The Bertz CT molecular complexity index is 1260. The molecule has 2 aromatic heterocycles. The van der Waals surface area contributed by atoms with E-state index in [1.54, 1.807) is 23.3 Å². The first-order valence-electron chi connectivity index (χ1n) is 10.5. The molecular formula is C25H23N3O2S. The SMILES string of the molecule is CN(C(=O)Cn1cnc2sc3c(c2c1=O)CCC3)C(c1ccccc1)c1ccccc1. The number of hydrogen-bond acceptors (Lipinski definition) is 4. The molecule has 0 radical (unpaired) electrons. The summed E-state index contributed by atoms with van der Waals surface area (Å²) in [7, 11) is 1.80. The van der Waals surface area contributed by atoms with Crippen LogP contribution in [-0.4, -0.2) is 27.4 Å². The van der Waals surface area contributed by atoms with E-state index in [1.807, 2.05) is 60.7 Å². The third-order valence-corrected chi connectivity index (χ3v) is 7.21. The number of aromatic nitrogens is 2. The third-order valence-electron chi connectivity index (χ3n) is 6.01. The van der Waals surface area contributed by atoms with Crippen LogP contribution in [0.25, 0.3) is 10.2 Å². The number of hydrogen-bond donors (Lipinski definition) is 0. The molecule has 0 saturated heterocycles. The van der Waals surface area contributed by atoms with Gasteiger partial charge < -0.3 is 4.90 Å². The molecule has 2 aromatic carbocycles. The van der Waals surface area contributed by atoms with Crippen molar-refractivity contribution in [1.29, 1.82) is 0 Å². The molecule has 0 bridgehead atoms. The smallest absolute Gasteiger partial charge is 0.262 e. The van der Waals surface area contributed by atoms with Crippen LogP contribution < -0.4 is 5.56 Å². The standard InChI is InChI=1S/C25H23N3O2S/c1-27(23(17-9-4-2-5-10-17)18-11-6-3-7-12-18)21(29)15-28-16-26-24-22(25(28)30)19-13-8-14-20(19)31-24/h2-7,9-12,16,23H,8,13-15H2,1H3. The van der Waals surface area contributed by atoms with Gasteiger partial charge in [-0.1, -0.05) is 60.7 Å². The van der Waals surface area contributed by atoms with Gasteiger partial charge in [-0.25, -0.2) is 4.98 Å². The Labute approximate surface area is 184 Å². The van der Waals surface area contributed by atoms with Gasteiger partial charge in [-0.05, 0) is 36.0 Å².